The Morgan fingerprint density at radius 2 is 1.93 bits per heavy atom. The summed E-state index contributed by atoms with van der Waals surface area (Å²) in [6, 6.07) is 10.3. The fraction of sp³-hybridized carbons (Fsp3) is 0. The van der Waals surface area contributed by atoms with Crippen molar-refractivity contribution in [3.8, 4) is 11.1 Å². The predicted molar refractivity (Wildman–Crippen MR) is 57.3 cm³/mol. The van der Waals surface area contributed by atoms with Crippen LogP contribution in [-0.4, -0.2) is 4.98 Å². The molecule has 0 bridgehead atoms. The molecule has 0 aliphatic heterocycles. The molecule has 1 heterocycles. The number of halogens is 2. The molecule has 3 heteroatoms. The zero-order valence-electron chi connectivity index (χ0n) is 7.24. The smallest absolute Gasteiger partial charge is 0.131 e. The predicted octanol–water partition coefficient (Wildman–Crippen LogP) is 3.65. The van der Waals surface area contributed by atoms with Gasteiger partial charge in [-0.15, -0.1) is 0 Å². The van der Waals surface area contributed by atoms with Gasteiger partial charge in [-0.3, -0.25) is 0 Å². The lowest BCUT2D eigenvalue weighted by molar-refractivity contribution is 0.631. The van der Waals surface area contributed by atoms with Crippen LogP contribution in [0.25, 0.3) is 11.1 Å². The van der Waals surface area contributed by atoms with Crippen molar-refractivity contribution in [2.24, 2.45) is 0 Å². The van der Waals surface area contributed by atoms with Crippen LogP contribution in [0.4, 0.5) is 4.39 Å². The van der Waals surface area contributed by atoms with E-state index in [1.165, 1.54) is 6.07 Å². The van der Waals surface area contributed by atoms with Crippen LogP contribution in [0.1, 0.15) is 0 Å². The molecule has 0 aliphatic carbocycles. The highest BCUT2D eigenvalue weighted by Crippen LogP contribution is 2.23. The molecular formula is C11H7BrFN. The third kappa shape index (κ3) is 1.82. The van der Waals surface area contributed by atoms with E-state index in [9.17, 15) is 4.39 Å². The molecule has 0 saturated heterocycles. The number of nitrogens with zero attached hydrogens (tertiary/aromatic N) is 1. The normalized spacial score (nSPS) is 10.1. The highest BCUT2D eigenvalue weighted by atomic mass is 79.9. The van der Waals surface area contributed by atoms with E-state index in [4.69, 9.17) is 0 Å². The Hall–Kier alpha value is -1.22. The van der Waals surface area contributed by atoms with E-state index in [0.29, 0.717) is 10.2 Å². The molecule has 0 saturated carbocycles. The molecule has 2 rings (SSSR count). The summed E-state index contributed by atoms with van der Waals surface area (Å²) in [7, 11) is 0. The largest absolute Gasteiger partial charge is 0.249 e. The molecule has 0 atom stereocenters. The van der Waals surface area contributed by atoms with Crippen LogP contribution in [0, 0.1) is 5.82 Å². The molecule has 0 fully saturated rings. The first-order valence-corrected chi connectivity index (χ1v) is 4.93. The molecule has 14 heavy (non-hydrogen) atoms. The van der Waals surface area contributed by atoms with Crippen LogP contribution in [0.5, 0.6) is 0 Å². The maximum absolute atomic E-state index is 13.4. The molecule has 0 N–H and O–H groups in total. The summed E-state index contributed by atoms with van der Waals surface area (Å²) in [5, 5.41) is 0. The highest BCUT2D eigenvalue weighted by molar-refractivity contribution is 9.10. The number of rotatable bonds is 1. The van der Waals surface area contributed by atoms with Gasteiger partial charge in [-0.1, -0.05) is 18.2 Å². The van der Waals surface area contributed by atoms with Gasteiger partial charge in [0.2, 0.25) is 0 Å². The number of pyridine rings is 1. The minimum atomic E-state index is -0.217. The van der Waals surface area contributed by atoms with E-state index in [1.54, 1.807) is 30.5 Å². The second kappa shape index (κ2) is 3.88. The van der Waals surface area contributed by atoms with E-state index in [2.05, 4.69) is 20.9 Å². The number of hydrogen-bond acceptors (Lipinski definition) is 1. The van der Waals surface area contributed by atoms with Crippen LogP contribution in [0.15, 0.2) is 47.2 Å². The van der Waals surface area contributed by atoms with Gasteiger partial charge in [0.1, 0.15) is 10.4 Å². The monoisotopic (exact) mass is 251 g/mol. The Kier molecular flexibility index (Phi) is 2.59. The molecule has 1 aromatic heterocycles. The SMILES string of the molecule is Fc1ccccc1-c1ccnc(Br)c1. The van der Waals surface area contributed by atoms with Gasteiger partial charge in [-0.25, -0.2) is 9.37 Å². The van der Waals surface area contributed by atoms with Crippen molar-refractivity contribution in [1.29, 1.82) is 0 Å². The van der Waals surface area contributed by atoms with Gasteiger partial charge in [-0.05, 0) is 39.7 Å². The van der Waals surface area contributed by atoms with Crippen molar-refractivity contribution in [2.45, 2.75) is 0 Å². The Labute approximate surface area is 89.7 Å². The van der Waals surface area contributed by atoms with Crippen molar-refractivity contribution < 1.29 is 4.39 Å². The van der Waals surface area contributed by atoms with Crippen molar-refractivity contribution in [3.05, 3.63) is 53.0 Å². The van der Waals surface area contributed by atoms with Gasteiger partial charge in [0.25, 0.3) is 0 Å². The molecule has 0 radical (unpaired) electrons. The summed E-state index contributed by atoms with van der Waals surface area (Å²) in [6.45, 7) is 0. The van der Waals surface area contributed by atoms with E-state index in [-0.39, 0.29) is 5.82 Å². The number of aromatic nitrogens is 1. The van der Waals surface area contributed by atoms with Gasteiger partial charge in [0.05, 0.1) is 0 Å². The van der Waals surface area contributed by atoms with Crippen LogP contribution in [0.3, 0.4) is 0 Å². The summed E-state index contributed by atoms with van der Waals surface area (Å²) in [5.41, 5.74) is 1.42. The minimum Gasteiger partial charge on any atom is -0.249 e. The Balaban J connectivity index is 2.55. The topological polar surface area (TPSA) is 12.9 Å². The third-order valence-corrected chi connectivity index (χ3v) is 2.35. The van der Waals surface area contributed by atoms with Gasteiger partial charge in [-0.2, -0.15) is 0 Å². The summed E-state index contributed by atoms with van der Waals surface area (Å²) in [6.07, 6.45) is 1.64. The zero-order chi connectivity index (χ0) is 9.97. The van der Waals surface area contributed by atoms with Gasteiger partial charge in [0.15, 0.2) is 0 Å². The maximum Gasteiger partial charge on any atom is 0.131 e. The average Bonchev–Trinajstić information content (AvgIpc) is 2.18. The van der Waals surface area contributed by atoms with E-state index in [0.717, 1.165) is 5.56 Å². The van der Waals surface area contributed by atoms with Crippen molar-refractivity contribution in [1.82, 2.24) is 4.98 Å². The van der Waals surface area contributed by atoms with Crippen molar-refractivity contribution >= 4 is 15.9 Å². The summed E-state index contributed by atoms with van der Waals surface area (Å²) < 4.78 is 14.1. The van der Waals surface area contributed by atoms with Crippen LogP contribution < -0.4 is 0 Å². The number of benzene rings is 1. The van der Waals surface area contributed by atoms with E-state index < -0.39 is 0 Å². The van der Waals surface area contributed by atoms with Gasteiger partial charge >= 0.3 is 0 Å². The molecule has 0 aliphatic rings. The lowest BCUT2D eigenvalue weighted by Crippen LogP contribution is -1.84. The first kappa shape index (κ1) is 9.34. The summed E-state index contributed by atoms with van der Waals surface area (Å²) in [5.74, 6) is -0.217. The molecule has 70 valence electrons. The molecule has 0 amide bonds. The number of hydrogen-bond donors (Lipinski definition) is 0. The Morgan fingerprint density at radius 3 is 2.64 bits per heavy atom. The molecule has 1 aromatic carbocycles. The lowest BCUT2D eigenvalue weighted by atomic mass is 10.1. The molecular weight excluding hydrogens is 245 g/mol. The standard InChI is InChI=1S/C11H7BrFN/c12-11-7-8(5-6-14-11)9-3-1-2-4-10(9)13/h1-7H. The first-order chi connectivity index (χ1) is 6.77. The van der Waals surface area contributed by atoms with E-state index >= 15 is 0 Å². The summed E-state index contributed by atoms with van der Waals surface area (Å²) in [4.78, 5) is 3.99. The van der Waals surface area contributed by atoms with Crippen molar-refractivity contribution in [3.63, 3.8) is 0 Å². The second-order valence-electron chi connectivity index (χ2n) is 2.85. The molecule has 0 unspecified atom stereocenters. The van der Waals surface area contributed by atoms with Gasteiger partial charge < -0.3 is 0 Å². The first-order valence-electron chi connectivity index (χ1n) is 4.14. The fourth-order valence-electron chi connectivity index (χ4n) is 1.27. The quantitative estimate of drug-likeness (QED) is 0.706. The third-order valence-electron chi connectivity index (χ3n) is 1.91. The van der Waals surface area contributed by atoms with Crippen LogP contribution >= 0.6 is 15.9 Å². The van der Waals surface area contributed by atoms with Crippen LogP contribution in [0.2, 0.25) is 0 Å². The Morgan fingerprint density at radius 1 is 1.14 bits per heavy atom. The van der Waals surface area contributed by atoms with E-state index in [1.807, 2.05) is 6.07 Å². The van der Waals surface area contributed by atoms with Crippen LogP contribution in [-0.2, 0) is 0 Å². The van der Waals surface area contributed by atoms with Gasteiger partial charge in [0, 0.05) is 11.8 Å². The highest BCUT2D eigenvalue weighted by Gasteiger charge is 2.03. The summed E-state index contributed by atoms with van der Waals surface area (Å²) >= 11 is 3.25. The average molecular weight is 252 g/mol. The van der Waals surface area contributed by atoms with Crippen molar-refractivity contribution in [2.75, 3.05) is 0 Å². The molecule has 0 spiro atoms. The molecule has 1 nitrogen and oxygen atoms in total. The Bertz CT molecular complexity index is 457. The second-order valence-corrected chi connectivity index (χ2v) is 3.66. The minimum absolute atomic E-state index is 0.217. The fourth-order valence-corrected chi connectivity index (χ4v) is 1.63. The zero-order valence-corrected chi connectivity index (χ0v) is 8.83. The maximum atomic E-state index is 13.4. The molecule has 2 aromatic rings. The lowest BCUT2D eigenvalue weighted by Gasteiger charge is -2.02.